The predicted octanol–water partition coefficient (Wildman–Crippen LogP) is 5.95. The van der Waals surface area contributed by atoms with Gasteiger partial charge in [-0.15, -0.1) is 0 Å². The maximum absolute atomic E-state index is 12.0. The van der Waals surface area contributed by atoms with Crippen LogP contribution >= 0.6 is 0 Å². The van der Waals surface area contributed by atoms with E-state index in [0.717, 1.165) is 53.6 Å². The molecule has 29 heavy (non-hydrogen) atoms. The van der Waals surface area contributed by atoms with E-state index in [2.05, 4.69) is 4.98 Å². The Morgan fingerprint density at radius 1 is 0.966 bits per heavy atom. The number of carboxylic acids is 1. The van der Waals surface area contributed by atoms with Crippen LogP contribution in [0.2, 0.25) is 0 Å². The molecular weight excluding hydrogens is 362 g/mol. The Morgan fingerprint density at radius 3 is 2.41 bits per heavy atom. The highest BCUT2D eigenvalue weighted by Gasteiger charge is 2.30. The number of fused-ring (bicyclic) bond motifs is 1. The van der Waals surface area contributed by atoms with Gasteiger partial charge in [-0.25, -0.2) is 4.98 Å². The van der Waals surface area contributed by atoms with E-state index >= 15 is 0 Å². The van der Waals surface area contributed by atoms with Gasteiger partial charge in [0.25, 0.3) is 0 Å². The molecular formula is C25H27NO3. The van der Waals surface area contributed by atoms with E-state index in [0.29, 0.717) is 6.61 Å². The fraction of sp³-hybridized carbons (Fsp3) is 0.360. The number of para-hydroxylation sites is 1. The number of rotatable bonds is 6. The second kappa shape index (κ2) is 9.08. The SMILES string of the molecule is O=C(O)C(c1ccc(OCc2ccc3ccccc3n2)cc1)C1CCCCCC1. The van der Waals surface area contributed by atoms with Crippen molar-refractivity contribution < 1.29 is 14.6 Å². The predicted molar refractivity (Wildman–Crippen MR) is 114 cm³/mol. The molecule has 1 unspecified atom stereocenters. The number of hydrogen-bond donors (Lipinski definition) is 1. The Balaban J connectivity index is 1.43. The van der Waals surface area contributed by atoms with Crippen molar-refractivity contribution in [1.82, 2.24) is 4.98 Å². The van der Waals surface area contributed by atoms with E-state index in [9.17, 15) is 9.90 Å². The third kappa shape index (κ3) is 4.76. The summed E-state index contributed by atoms with van der Waals surface area (Å²) in [6.45, 7) is 0.384. The van der Waals surface area contributed by atoms with Crippen LogP contribution in [-0.2, 0) is 11.4 Å². The molecule has 4 heteroatoms. The Bertz CT molecular complexity index is 959. The molecule has 0 radical (unpaired) electrons. The van der Waals surface area contributed by atoms with Crippen LogP contribution in [0.5, 0.6) is 5.75 Å². The molecule has 1 aliphatic rings. The lowest BCUT2D eigenvalue weighted by Gasteiger charge is -2.23. The zero-order chi connectivity index (χ0) is 20.1. The maximum Gasteiger partial charge on any atom is 0.311 e. The van der Waals surface area contributed by atoms with Crippen LogP contribution in [0, 0.1) is 5.92 Å². The van der Waals surface area contributed by atoms with Crippen LogP contribution in [0.1, 0.15) is 55.7 Å². The molecule has 0 bridgehead atoms. The van der Waals surface area contributed by atoms with Crippen LogP contribution in [0.3, 0.4) is 0 Å². The minimum atomic E-state index is -0.717. The Hall–Kier alpha value is -2.88. The normalized spacial score (nSPS) is 16.3. The summed E-state index contributed by atoms with van der Waals surface area (Å²) in [7, 11) is 0. The molecule has 1 aliphatic carbocycles. The largest absolute Gasteiger partial charge is 0.487 e. The fourth-order valence-corrected chi connectivity index (χ4v) is 4.38. The van der Waals surface area contributed by atoms with Gasteiger partial charge >= 0.3 is 5.97 Å². The first-order valence-corrected chi connectivity index (χ1v) is 10.5. The number of benzene rings is 2. The third-order valence-corrected chi connectivity index (χ3v) is 5.92. The first kappa shape index (κ1) is 19.4. The van der Waals surface area contributed by atoms with E-state index in [4.69, 9.17) is 4.74 Å². The molecule has 1 heterocycles. The van der Waals surface area contributed by atoms with E-state index < -0.39 is 11.9 Å². The second-order valence-corrected chi connectivity index (χ2v) is 7.92. The highest BCUT2D eigenvalue weighted by molar-refractivity contribution is 5.78. The van der Waals surface area contributed by atoms with Gasteiger partial charge < -0.3 is 9.84 Å². The van der Waals surface area contributed by atoms with E-state index in [-0.39, 0.29) is 5.92 Å². The van der Waals surface area contributed by atoms with Crippen LogP contribution in [0.25, 0.3) is 10.9 Å². The van der Waals surface area contributed by atoms with Crippen molar-refractivity contribution in [3.8, 4) is 5.75 Å². The summed E-state index contributed by atoms with van der Waals surface area (Å²) in [5, 5.41) is 10.9. The van der Waals surface area contributed by atoms with Crippen molar-refractivity contribution in [1.29, 1.82) is 0 Å². The summed E-state index contributed by atoms with van der Waals surface area (Å²) in [5.41, 5.74) is 2.70. The van der Waals surface area contributed by atoms with Crippen LogP contribution in [0.4, 0.5) is 0 Å². The second-order valence-electron chi connectivity index (χ2n) is 7.92. The number of aromatic nitrogens is 1. The lowest BCUT2D eigenvalue weighted by atomic mass is 9.81. The average Bonchev–Trinajstić information content (AvgIpc) is 3.02. The lowest BCUT2D eigenvalue weighted by molar-refractivity contribution is -0.140. The summed E-state index contributed by atoms with van der Waals surface area (Å²) in [6, 6.07) is 19.6. The van der Waals surface area contributed by atoms with E-state index in [1.54, 1.807) is 0 Å². The summed E-state index contributed by atoms with van der Waals surface area (Å²) in [5.74, 6) is -0.187. The molecule has 0 saturated heterocycles. The molecule has 1 atom stereocenters. The lowest BCUT2D eigenvalue weighted by Crippen LogP contribution is -2.21. The zero-order valence-electron chi connectivity index (χ0n) is 16.6. The summed E-state index contributed by atoms with van der Waals surface area (Å²) in [4.78, 5) is 16.6. The van der Waals surface area contributed by atoms with Crippen molar-refractivity contribution in [2.75, 3.05) is 0 Å². The Morgan fingerprint density at radius 2 is 1.69 bits per heavy atom. The van der Waals surface area contributed by atoms with Gasteiger partial charge in [0.05, 0.1) is 17.1 Å². The molecule has 1 aromatic heterocycles. The first-order chi connectivity index (χ1) is 14.2. The average molecular weight is 389 g/mol. The molecule has 2 aromatic carbocycles. The van der Waals surface area contributed by atoms with Crippen molar-refractivity contribution in [3.05, 3.63) is 71.9 Å². The van der Waals surface area contributed by atoms with E-state index in [1.807, 2.05) is 60.7 Å². The van der Waals surface area contributed by atoms with Crippen LogP contribution < -0.4 is 4.74 Å². The third-order valence-electron chi connectivity index (χ3n) is 5.92. The van der Waals surface area contributed by atoms with Gasteiger partial charge in [0.1, 0.15) is 12.4 Å². The number of ether oxygens (including phenoxy) is 1. The molecule has 0 spiro atoms. The number of pyridine rings is 1. The molecule has 1 saturated carbocycles. The molecule has 4 rings (SSSR count). The molecule has 150 valence electrons. The smallest absolute Gasteiger partial charge is 0.311 e. The number of carbonyl (C=O) groups is 1. The standard InChI is InChI=1S/C25H27NO3/c27-25(28)24(19-8-3-1-2-4-9-19)20-12-15-22(16-13-20)29-17-21-14-11-18-7-5-6-10-23(18)26-21/h5-7,10-16,19,24H,1-4,8-9,17H2,(H,27,28). The van der Waals surface area contributed by atoms with Crippen molar-refractivity contribution in [2.45, 2.75) is 51.0 Å². The number of aliphatic carboxylic acids is 1. The number of nitrogens with zero attached hydrogens (tertiary/aromatic N) is 1. The quantitative estimate of drug-likeness (QED) is 0.529. The van der Waals surface area contributed by atoms with E-state index in [1.165, 1.54) is 12.8 Å². The van der Waals surface area contributed by atoms with Gasteiger partial charge in [-0.2, -0.15) is 0 Å². The summed E-state index contributed by atoms with van der Waals surface area (Å²) in [6.07, 6.45) is 6.71. The fourth-order valence-electron chi connectivity index (χ4n) is 4.38. The number of carboxylic acid groups (broad SMARTS) is 1. The molecule has 3 aromatic rings. The molecule has 0 aliphatic heterocycles. The van der Waals surface area contributed by atoms with Gasteiger partial charge in [-0.05, 0) is 48.6 Å². The highest BCUT2D eigenvalue weighted by atomic mass is 16.5. The van der Waals surface area contributed by atoms with Gasteiger partial charge in [-0.1, -0.05) is 62.1 Å². The van der Waals surface area contributed by atoms with Gasteiger partial charge in [0.2, 0.25) is 0 Å². The summed E-state index contributed by atoms with van der Waals surface area (Å²) >= 11 is 0. The van der Waals surface area contributed by atoms with Gasteiger partial charge in [-0.3, -0.25) is 4.79 Å². The monoisotopic (exact) mass is 389 g/mol. The zero-order valence-corrected chi connectivity index (χ0v) is 16.6. The minimum absolute atomic E-state index is 0.226. The first-order valence-electron chi connectivity index (χ1n) is 10.5. The topological polar surface area (TPSA) is 59.4 Å². The van der Waals surface area contributed by atoms with Crippen molar-refractivity contribution in [2.24, 2.45) is 5.92 Å². The highest BCUT2D eigenvalue weighted by Crippen LogP contribution is 2.36. The summed E-state index contributed by atoms with van der Waals surface area (Å²) < 4.78 is 5.89. The van der Waals surface area contributed by atoms with Crippen molar-refractivity contribution >= 4 is 16.9 Å². The number of hydrogen-bond acceptors (Lipinski definition) is 3. The molecule has 1 fully saturated rings. The maximum atomic E-state index is 12.0. The van der Waals surface area contributed by atoms with Crippen LogP contribution in [0.15, 0.2) is 60.7 Å². The van der Waals surface area contributed by atoms with Gasteiger partial charge in [0.15, 0.2) is 0 Å². The Labute approximate surface area is 171 Å². The molecule has 4 nitrogen and oxygen atoms in total. The van der Waals surface area contributed by atoms with Gasteiger partial charge in [0, 0.05) is 5.39 Å². The van der Waals surface area contributed by atoms with Crippen molar-refractivity contribution in [3.63, 3.8) is 0 Å². The Kier molecular flexibility index (Phi) is 6.09. The van der Waals surface area contributed by atoms with Crippen LogP contribution in [-0.4, -0.2) is 16.1 Å². The molecule has 0 amide bonds. The molecule has 1 N–H and O–H groups in total. The minimum Gasteiger partial charge on any atom is -0.487 e.